The van der Waals surface area contributed by atoms with Crippen molar-refractivity contribution in [3.8, 4) is 11.5 Å². The molecule has 0 fully saturated rings. The van der Waals surface area contributed by atoms with Crippen molar-refractivity contribution in [1.29, 1.82) is 0 Å². The van der Waals surface area contributed by atoms with Crippen LogP contribution in [-0.2, 0) is 30.4 Å². The SMILES string of the molecule is CCOc1cc2c(cc1CC)CCN(CC[S+](C)[O-])C2CCc1c[nH]c2ccc(OC)cc12. The van der Waals surface area contributed by atoms with Gasteiger partial charge in [-0.3, -0.25) is 4.90 Å². The van der Waals surface area contributed by atoms with Gasteiger partial charge >= 0.3 is 0 Å². The third-order valence-corrected chi connectivity index (χ3v) is 7.56. The molecule has 0 saturated heterocycles. The molecule has 1 aliphatic heterocycles. The highest BCUT2D eigenvalue weighted by Gasteiger charge is 2.29. The Morgan fingerprint density at radius 1 is 1.18 bits per heavy atom. The van der Waals surface area contributed by atoms with Crippen LogP contribution in [0.4, 0.5) is 0 Å². The molecule has 33 heavy (non-hydrogen) atoms. The molecule has 3 aromatic rings. The fourth-order valence-electron chi connectivity index (χ4n) is 5.04. The lowest BCUT2D eigenvalue weighted by atomic mass is 9.87. The molecular weight excluding hydrogens is 432 g/mol. The molecule has 0 spiro atoms. The number of nitrogens with one attached hydrogen (secondary N) is 1. The molecule has 178 valence electrons. The minimum absolute atomic E-state index is 0.290. The van der Waals surface area contributed by atoms with Crippen LogP contribution >= 0.6 is 0 Å². The Kier molecular flexibility index (Phi) is 7.89. The third kappa shape index (κ3) is 5.34. The van der Waals surface area contributed by atoms with Crippen LogP contribution in [-0.4, -0.2) is 53.3 Å². The van der Waals surface area contributed by atoms with Crippen LogP contribution < -0.4 is 9.47 Å². The Morgan fingerprint density at radius 3 is 2.76 bits per heavy atom. The summed E-state index contributed by atoms with van der Waals surface area (Å²) in [6, 6.07) is 11.1. The monoisotopic (exact) mass is 468 g/mol. The summed E-state index contributed by atoms with van der Waals surface area (Å²) in [5.74, 6) is 2.61. The lowest BCUT2D eigenvalue weighted by Crippen LogP contribution is -2.38. The molecule has 0 saturated carbocycles. The number of hydrogen-bond donors (Lipinski definition) is 1. The van der Waals surface area contributed by atoms with Crippen molar-refractivity contribution in [1.82, 2.24) is 9.88 Å². The van der Waals surface area contributed by atoms with Gasteiger partial charge in [-0.2, -0.15) is 0 Å². The molecule has 1 N–H and O–H groups in total. The maximum Gasteiger partial charge on any atom is 0.122 e. The first-order chi connectivity index (χ1) is 16.0. The molecule has 2 atom stereocenters. The number of rotatable bonds is 10. The molecule has 6 heteroatoms. The second-order valence-corrected chi connectivity index (χ2v) is 10.3. The summed E-state index contributed by atoms with van der Waals surface area (Å²) < 4.78 is 23.3. The minimum Gasteiger partial charge on any atom is -0.617 e. The van der Waals surface area contributed by atoms with E-state index in [1.807, 2.05) is 13.0 Å². The van der Waals surface area contributed by atoms with E-state index >= 15 is 0 Å². The molecule has 1 aliphatic rings. The molecule has 5 nitrogen and oxygen atoms in total. The number of aromatic nitrogens is 1. The van der Waals surface area contributed by atoms with E-state index in [1.54, 1.807) is 13.4 Å². The van der Waals surface area contributed by atoms with Gasteiger partial charge in [0.2, 0.25) is 0 Å². The number of aryl methyl sites for hydroxylation is 2. The first kappa shape index (κ1) is 24.0. The van der Waals surface area contributed by atoms with Crippen molar-refractivity contribution < 1.29 is 14.0 Å². The van der Waals surface area contributed by atoms with Crippen LogP contribution in [0.25, 0.3) is 10.9 Å². The highest BCUT2D eigenvalue weighted by atomic mass is 32.2. The second-order valence-electron chi connectivity index (χ2n) is 8.79. The number of H-pyrrole nitrogens is 1. The zero-order chi connectivity index (χ0) is 23.4. The minimum atomic E-state index is -0.794. The van der Waals surface area contributed by atoms with Crippen LogP contribution in [0.15, 0.2) is 36.5 Å². The summed E-state index contributed by atoms with van der Waals surface area (Å²) >= 11 is -0.794. The van der Waals surface area contributed by atoms with Crippen molar-refractivity contribution in [3.05, 3.63) is 58.8 Å². The average molecular weight is 469 g/mol. The van der Waals surface area contributed by atoms with Crippen LogP contribution in [0.3, 0.4) is 0 Å². The number of methoxy groups -OCH3 is 1. The summed E-state index contributed by atoms with van der Waals surface area (Å²) in [4.78, 5) is 5.94. The van der Waals surface area contributed by atoms with E-state index in [4.69, 9.17) is 9.47 Å². The van der Waals surface area contributed by atoms with Crippen LogP contribution in [0.1, 0.15) is 48.6 Å². The van der Waals surface area contributed by atoms with Gasteiger partial charge in [-0.1, -0.05) is 24.2 Å². The zero-order valence-electron chi connectivity index (χ0n) is 20.3. The van der Waals surface area contributed by atoms with E-state index in [-0.39, 0.29) is 6.04 Å². The summed E-state index contributed by atoms with van der Waals surface area (Å²) in [5, 5.41) is 1.22. The summed E-state index contributed by atoms with van der Waals surface area (Å²) in [5.41, 5.74) is 6.56. The Labute approximate surface area is 200 Å². The topological polar surface area (TPSA) is 60.5 Å². The Bertz CT molecular complexity index is 1080. The van der Waals surface area contributed by atoms with Gasteiger partial charge in [0.1, 0.15) is 17.3 Å². The maximum atomic E-state index is 11.9. The van der Waals surface area contributed by atoms with E-state index in [2.05, 4.69) is 47.3 Å². The van der Waals surface area contributed by atoms with Gasteiger partial charge in [-0.05, 0) is 79.1 Å². The predicted octanol–water partition coefficient (Wildman–Crippen LogP) is 5.05. The Hall–Kier alpha value is -2.15. The first-order valence-electron chi connectivity index (χ1n) is 12.0. The molecule has 0 aliphatic carbocycles. The largest absolute Gasteiger partial charge is 0.617 e. The summed E-state index contributed by atoms with van der Waals surface area (Å²) in [7, 11) is 1.71. The number of fused-ring (bicyclic) bond motifs is 2. The number of benzene rings is 2. The molecular formula is C27H36N2O3S. The zero-order valence-corrected chi connectivity index (χ0v) is 21.1. The third-order valence-electron chi connectivity index (χ3n) is 6.80. The standard InChI is InChI=1S/C27H36N2O3S/c1-5-19-15-20-11-12-29(13-14-33(4)30)26(24(20)17-27(19)32-6-2)10-7-21-18-28-25-9-8-22(31-3)16-23(21)25/h8-9,15-18,26,28H,5-7,10-14H2,1-4H3. The fraction of sp³-hybridized carbons (Fsp3) is 0.481. The number of hydrogen-bond acceptors (Lipinski definition) is 4. The van der Waals surface area contributed by atoms with E-state index in [9.17, 15) is 4.55 Å². The number of aromatic amines is 1. The summed E-state index contributed by atoms with van der Waals surface area (Å²) in [6.07, 6.45) is 7.90. The van der Waals surface area contributed by atoms with Crippen molar-refractivity contribution in [2.24, 2.45) is 0 Å². The van der Waals surface area contributed by atoms with E-state index < -0.39 is 11.2 Å². The fourth-order valence-corrected chi connectivity index (χ4v) is 5.53. The van der Waals surface area contributed by atoms with Crippen LogP contribution in [0.5, 0.6) is 11.5 Å². The molecule has 2 heterocycles. The van der Waals surface area contributed by atoms with Gasteiger partial charge in [0.05, 0.1) is 20.0 Å². The van der Waals surface area contributed by atoms with Crippen molar-refractivity contribution >= 4 is 22.1 Å². The lowest BCUT2D eigenvalue weighted by molar-refractivity contribution is 0.185. The normalized spacial score (nSPS) is 17.2. The highest BCUT2D eigenvalue weighted by Crippen LogP contribution is 2.38. The van der Waals surface area contributed by atoms with E-state index in [0.29, 0.717) is 12.4 Å². The quantitative estimate of drug-likeness (QED) is 0.423. The number of ether oxygens (including phenoxy) is 2. The molecule has 0 radical (unpaired) electrons. The van der Waals surface area contributed by atoms with Crippen LogP contribution in [0.2, 0.25) is 0 Å². The lowest BCUT2D eigenvalue weighted by Gasteiger charge is -2.38. The molecule has 0 amide bonds. The van der Waals surface area contributed by atoms with Gasteiger partial charge in [-0.15, -0.1) is 0 Å². The Balaban J connectivity index is 1.64. The van der Waals surface area contributed by atoms with Crippen molar-refractivity contribution in [2.45, 2.75) is 45.6 Å². The summed E-state index contributed by atoms with van der Waals surface area (Å²) in [6.45, 7) is 6.78. The number of nitrogens with zero attached hydrogens (tertiary/aromatic N) is 1. The Morgan fingerprint density at radius 2 is 2.03 bits per heavy atom. The molecule has 0 bridgehead atoms. The van der Waals surface area contributed by atoms with E-state index in [0.717, 1.165) is 55.8 Å². The molecule has 2 unspecified atom stereocenters. The van der Waals surface area contributed by atoms with Gasteiger partial charge in [0.25, 0.3) is 0 Å². The molecule has 4 rings (SSSR count). The molecule has 2 aromatic carbocycles. The van der Waals surface area contributed by atoms with E-state index in [1.165, 1.54) is 27.6 Å². The van der Waals surface area contributed by atoms with Gasteiger partial charge in [0, 0.05) is 36.2 Å². The molecule has 1 aromatic heterocycles. The average Bonchev–Trinajstić information content (AvgIpc) is 3.23. The van der Waals surface area contributed by atoms with Gasteiger partial charge < -0.3 is 19.0 Å². The van der Waals surface area contributed by atoms with Gasteiger partial charge in [0.15, 0.2) is 0 Å². The van der Waals surface area contributed by atoms with Crippen LogP contribution in [0, 0.1) is 0 Å². The highest BCUT2D eigenvalue weighted by molar-refractivity contribution is 7.90. The second kappa shape index (κ2) is 10.9. The van der Waals surface area contributed by atoms with Crippen molar-refractivity contribution in [2.75, 3.05) is 38.8 Å². The van der Waals surface area contributed by atoms with Gasteiger partial charge in [-0.25, -0.2) is 0 Å². The predicted molar refractivity (Wildman–Crippen MR) is 137 cm³/mol. The smallest absolute Gasteiger partial charge is 0.122 e. The van der Waals surface area contributed by atoms with Crippen molar-refractivity contribution in [3.63, 3.8) is 0 Å². The maximum absolute atomic E-state index is 11.9. The first-order valence-corrected chi connectivity index (χ1v) is 13.7.